The van der Waals surface area contributed by atoms with Crippen LogP contribution in [-0.2, 0) is 0 Å². The molecule has 4 nitrogen and oxygen atoms in total. The molecule has 0 atom stereocenters. The fourth-order valence-electron chi connectivity index (χ4n) is 1.50. The van der Waals surface area contributed by atoms with Gasteiger partial charge in [-0.25, -0.2) is 4.98 Å². The van der Waals surface area contributed by atoms with Gasteiger partial charge in [-0.05, 0) is 30.4 Å². The second-order valence-corrected chi connectivity index (χ2v) is 4.64. The van der Waals surface area contributed by atoms with Crippen molar-refractivity contribution in [2.24, 2.45) is 0 Å². The molecule has 0 aliphatic rings. The summed E-state index contributed by atoms with van der Waals surface area (Å²) in [6, 6.07) is 6.90. The van der Waals surface area contributed by atoms with Gasteiger partial charge in [0, 0.05) is 10.6 Å². The van der Waals surface area contributed by atoms with E-state index in [1.54, 1.807) is 18.2 Å². The maximum absolute atomic E-state index is 9.10. The summed E-state index contributed by atoms with van der Waals surface area (Å²) in [4.78, 5) is 6.64. The molecule has 1 heterocycles. The number of anilines is 1. The van der Waals surface area contributed by atoms with E-state index in [9.17, 15) is 0 Å². The van der Waals surface area contributed by atoms with Gasteiger partial charge in [0.25, 0.3) is 0 Å². The topological polar surface area (TPSA) is 78.5 Å². The van der Waals surface area contributed by atoms with Crippen LogP contribution in [-0.4, -0.2) is 9.97 Å². The highest BCUT2D eigenvalue weighted by atomic mass is 35.5. The Morgan fingerprint density at radius 3 is 2.72 bits per heavy atom. The number of aromatic amines is 1. The van der Waals surface area contributed by atoms with Crippen LogP contribution in [0.15, 0.2) is 18.2 Å². The number of H-pyrrole nitrogens is 1. The minimum atomic E-state index is 0.0715. The van der Waals surface area contributed by atoms with E-state index in [2.05, 4.69) is 9.97 Å². The molecule has 2 rings (SSSR count). The number of hydrogen-bond acceptors (Lipinski definition) is 4. The molecule has 1 aromatic carbocycles. The first-order chi connectivity index (χ1) is 8.52. The van der Waals surface area contributed by atoms with Gasteiger partial charge in [0.2, 0.25) is 0 Å². The quantitative estimate of drug-likeness (QED) is 0.789. The number of aromatic nitrogens is 2. The van der Waals surface area contributed by atoms with E-state index in [0.29, 0.717) is 21.3 Å². The molecule has 90 valence electrons. The normalized spacial score (nSPS) is 10.1. The average molecular weight is 297 g/mol. The molecule has 0 radical (unpaired) electrons. The monoisotopic (exact) mass is 296 g/mol. The van der Waals surface area contributed by atoms with Crippen LogP contribution in [0.1, 0.15) is 5.56 Å². The number of nitrogens with one attached hydrogen (secondary N) is 1. The molecule has 0 amide bonds. The van der Waals surface area contributed by atoms with Crippen LogP contribution < -0.4 is 5.73 Å². The lowest BCUT2D eigenvalue weighted by atomic mass is 10.1. The molecule has 2 aromatic rings. The zero-order valence-electron chi connectivity index (χ0n) is 8.87. The highest BCUT2D eigenvalue weighted by Gasteiger charge is 2.13. The van der Waals surface area contributed by atoms with Gasteiger partial charge in [-0.2, -0.15) is 5.26 Å². The predicted molar refractivity (Wildman–Crippen MR) is 74.0 cm³/mol. The lowest BCUT2D eigenvalue weighted by molar-refractivity contribution is 1.13. The standard InChI is InChI=1S/C11H6Cl2N4S/c12-5-1-2-6(8(13)3-5)9-7(4-14)10(15)17-11(18)16-9/h1-3H,(H3,15,16,17,18). The molecule has 0 saturated carbocycles. The highest BCUT2D eigenvalue weighted by molar-refractivity contribution is 7.71. The Balaban J connectivity index is 2.79. The van der Waals surface area contributed by atoms with Crippen LogP contribution in [0.5, 0.6) is 0 Å². The van der Waals surface area contributed by atoms with E-state index in [1.165, 1.54) is 0 Å². The first kappa shape index (κ1) is 12.8. The third kappa shape index (κ3) is 2.31. The van der Waals surface area contributed by atoms with Crippen molar-refractivity contribution in [1.82, 2.24) is 9.97 Å². The Labute approximate surface area is 118 Å². The number of nitrogen functional groups attached to an aromatic ring is 1. The molecule has 1 aromatic heterocycles. The van der Waals surface area contributed by atoms with Crippen LogP contribution in [0.25, 0.3) is 11.3 Å². The first-order valence-corrected chi connectivity index (χ1v) is 5.94. The lowest BCUT2D eigenvalue weighted by Crippen LogP contribution is -2.01. The van der Waals surface area contributed by atoms with Crippen molar-refractivity contribution < 1.29 is 0 Å². The summed E-state index contributed by atoms with van der Waals surface area (Å²) < 4.78 is 0.188. The molecule has 0 spiro atoms. The predicted octanol–water partition coefficient (Wildman–Crippen LogP) is 3.57. The van der Waals surface area contributed by atoms with Crippen molar-refractivity contribution >= 4 is 41.2 Å². The SMILES string of the molecule is N#Cc1c(N)nc(=S)[nH]c1-c1ccc(Cl)cc1Cl. The number of nitrogens with two attached hydrogens (primary N) is 1. The number of nitrogens with zero attached hydrogens (tertiary/aromatic N) is 2. The number of halogens is 2. The molecule has 0 bridgehead atoms. The second kappa shape index (κ2) is 4.94. The maximum Gasteiger partial charge on any atom is 0.199 e. The van der Waals surface area contributed by atoms with E-state index in [0.717, 1.165) is 0 Å². The molecular formula is C11H6Cl2N4S. The Morgan fingerprint density at radius 1 is 1.39 bits per heavy atom. The summed E-state index contributed by atoms with van der Waals surface area (Å²) in [5.41, 5.74) is 6.90. The summed E-state index contributed by atoms with van der Waals surface area (Å²) in [5, 5.41) is 10.0. The fraction of sp³-hybridized carbons (Fsp3) is 0. The zero-order valence-corrected chi connectivity index (χ0v) is 11.2. The first-order valence-electron chi connectivity index (χ1n) is 4.78. The minimum Gasteiger partial charge on any atom is -0.382 e. The van der Waals surface area contributed by atoms with Crippen molar-refractivity contribution in [1.29, 1.82) is 5.26 Å². The summed E-state index contributed by atoms with van der Waals surface area (Å²) in [5.74, 6) is 0.0715. The number of nitriles is 1. The van der Waals surface area contributed by atoms with Gasteiger partial charge >= 0.3 is 0 Å². The van der Waals surface area contributed by atoms with Gasteiger partial charge in [0.15, 0.2) is 4.77 Å². The van der Waals surface area contributed by atoms with Crippen molar-refractivity contribution in [2.75, 3.05) is 5.73 Å². The Hall–Kier alpha value is -1.61. The Bertz CT molecular complexity index is 718. The van der Waals surface area contributed by atoms with Gasteiger partial charge in [0.1, 0.15) is 17.5 Å². The smallest absolute Gasteiger partial charge is 0.199 e. The summed E-state index contributed by atoms with van der Waals surface area (Å²) >= 11 is 16.9. The minimum absolute atomic E-state index is 0.0715. The molecule has 18 heavy (non-hydrogen) atoms. The molecule has 0 fully saturated rings. The summed E-state index contributed by atoms with van der Waals surface area (Å²) in [6.45, 7) is 0. The molecule has 0 aliphatic carbocycles. The Morgan fingerprint density at radius 2 is 2.11 bits per heavy atom. The molecule has 7 heteroatoms. The average Bonchev–Trinajstić information content (AvgIpc) is 2.28. The summed E-state index contributed by atoms with van der Waals surface area (Å²) in [6.07, 6.45) is 0. The van der Waals surface area contributed by atoms with E-state index in [-0.39, 0.29) is 16.2 Å². The van der Waals surface area contributed by atoms with Crippen molar-refractivity contribution in [3.05, 3.63) is 38.6 Å². The van der Waals surface area contributed by atoms with Crippen LogP contribution in [0.2, 0.25) is 10.0 Å². The third-order valence-electron chi connectivity index (χ3n) is 2.27. The maximum atomic E-state index is 9.10. The largest absolute Gasteiger partial charge is 0.382 e. The van der Waals surface area contributed by atoms with E-state index in [4.69, 9.17) is 46.4 Å². The lowest BCUT2D eigenvalue weighted by Gasteiger charge is -2.08. The third-order valence-corrected chi connectivity index (χ3v) is 3.01. The van der Waals surface area contributed by atoms with Crippen LogP contribution >= 0.6 is 35.4 Å². The highest BCUT2D eigenvalue weighted by Crippen LogP contribution is 2.32. The molecule has 0 aliphatic heterocycles. The van der Waals surface area contributed by atoms with Crippen molar-refractivity contribution in [2.45, 2.75) is 0 Å². The van der Waals surface area contributed by atoms with Gasteiger partial charge in [-0.3, -0.25) is 0 Å². The molecule has 0 saturated heterocycles. The van der Waals surface area contributed by atoms with Gasteiger partial charge < -0.3 is 10.7 Å². The number of hydrogen-bond donors (Lipinski definition) is 2. The summed E-state index contributed by atoms with van der Waals surface area (Å²) in [7, 11) is 0. The number of rotatable bonds is 1. The number of benzene rings is 1. The van der Waals surface area contributed by atoms with Crippen LogP contribution in [0.4, 0.5) is 5.82 Å². The van der Waals surface area contributed by atoms with Crippen LogP contribution in [0, 0.1) is 16.1 Å². The van der Waals surface area contributed by atoms with Gasteiger partial charge in [-0.15, -0.1) is 0 Å². The van der Waals surface area contributed by atoms with Gasteiger partial charge in [-0.1, -0.05) is 23.2 Å². The van der Waals surface area contributed by atoms with Crippen molar-refractivity contribution in [3.8, 4) is 17.3 Å². The second-order valence-electron chi connectivity index (χ2n) is 3.41. The fourth-order valence-corrected chi connectivity index (χ4v) is 2.20. The van der Waals surface area contributed by atoms with Crippen LogP contribution in [0.3, 0.4) is 0 Å². The molecule has 0 unspecified atom stereocenters. The molecule has 3 N–H and O–H groups in total. The Kier molecular flexibility index (Phi) is 3.53. The zero-order chi connectivity index (χ0) is 13.3. The molecular weight excluding hydrogens is 291 g/mol. The van der Waals surface area contributed by atoms with Crippen molar-refractivity contribution in [3.63, 3.8) is 0 Å². The van der Waals surface area contributed by atoms with Gasteiger partial charge in [0.05, 0.1) is 10.7 Å². The van der Waals surface area contributed by atoms with E-state index >= 15 is 0 Å². The van der Waals surface area contributed by atoms with E-state index < -0.39 is 0 Å². The van der Waals surface area contributed by atoms with E-state index in [1.807, 2.05) is 6.07 Å².